The summed E-state index contributed by atoms with van der Waals surface area (Å²) in [5.74, 6) is 0.687. The fourth-order valence-electron chi connectivity index (χ4n) is 3.20. The van der Waals surface area contributed by atoms with Gasteiger partial charge in [0, 0.05) is 37.6 Å². The molecule has 0 aliphatic carbocycles. The summed E-state index contributed by atoms with van der Waals surface area (Å²) >= 11 is 0. The second kappa shape index (κ2) is 8.17. The van der Waals surface area contributed by atoms with Gasteiger partial charge in [0.1, 0.15) is 11.9 Å². The van der Waals surface area contributed by atoms with Crippen LogP contribution in [0.3, 0.4) is 0 Å². The van der Waals surface area contributed by atoms with E-state index < -0.39 is 6.10 Å². The Balaban J connectivity index is 2.24. The van der Waals surface area contributed by atoms with Crippen molar-refractivity contribution in [1.29, 1.82) is 5.41 Å². The maximum absolute atomic E-state index is 13.0. The number of amides is 1. The van der Waals surface area contributed by atoms with Crippen LogP contribution in [0.2, 0.25) is 0 Å². The van der Waals surface area contributed by atoms with Crippen molar-refractivity contribution in [2.45, 2.75) is 13.0 Å². The van der Waals surface area contributed by atoms with Crippen molar-refractivity contribution in [3.05, 3.63) is 53.3 Å². The fourth-order valence-corrected chi connectivity index (χ4v) is 3.20. The second-order valence-electron chi connectivity index (χ2n) is 6.61. The molecule has 9 nitrogen and oxygen atoms in total. The van der Waals surface area contributed by atoms with Gasteiger partial charge >= 0.3 is 0 Å². The highest BCUT2D eigenvalue weighted by Crippen LogP contribution is 2.31. The van der Waals surface area contributed by atoms with Gasteiger partial charge < -0.3 is 30.8 Å². The molecule has 2 aromatic heterocycles. The Morgan fingerprint density at radius 2 is 2.21 bits per heavy atom. The molecular formula is C20H24N6O3. The van der Waals surface area contributed by atoms with Gasteiger partial charge in [-0.2, -0.15) is 0 Å². The Morgan fingerprint density at radius 1 is 1.45 bits per heavy atom. The molecule has 0 fully saturated rings. The minimum atomic E-state index is -0.501. The zero-order valence-corrected chi connectivity index (χ0v) is 16.8. The van der Waals surface area contributed by atoms with Crippen molar-refractivity contribution < 1.29 is 14.3 Å². The van der Waals surface area contributed by atoms with Crippen molar-refractivity contribution in [2.75, 3.05) is 33.5 Å². The molecule has 0 saturated heterocycles. The number of fused-ring (bicyclic) bond motifs is 3. The Morgan fingerprint density at radius 3 is 2.90 bits per heavy atom. The molecule has 2 bridgehead atoms. The third-order valence-corrected chi connectivity index (χ3v) is 4.66. The topological polar surface area (TPSA) is 126 Å². The number of pyridine rings is 2. The van der Waals surface area contributed by atoms with Crippen molar-refractivity contribution in [3.63, 3.8) is 0 Å². The molecule has 0 saturated carbocycles. The first kappa shape index (κ1) is 20.1. The number of hydrogen-bond acceptors (Lipinski definition) is 8. The number of ether oxygens (including phenoxy) is 2. The summed E-state index contributed by atoms with van der Waals surface area (Å²) in [4.78, 5) is 22.9. The fraction of sp³-hybridized carbons (Fsp3) is 0.300. The highest BCUT2D eigenvalue weighted by molar-refractivity contribution is 6.24. The Bertz CT molecular complexity index is 982. The third kappa shape index (κ3) is 3.84. The van der Waals surface area contributed by atoms with Crippen LogP contribution in [0.1, 0.15) is 34.6 Å². The van der Waals surface area contributed by atoms with Crippen LogP contribution in [0.25, 0.3) is 5.57 Å². The van der Waals surface area contributed by atoms with Crippen molar-refractivity contribution in [3.8, 4) is 5.75 Å². The van der Waals surface area contributed by atoms with Gasteiger partial charge in [0.25, 0.3) is 5.91 Å². The van der Waals surface area contributed by atoms with Crippen molar-refractivity contribution >= 4 is 23.0 Å². The number of nitrogens with two attached hydrogens (primary N) is 1. The minimum absolute atomic E-state index is 0.0357. The van der Waals surface area contributed by atoms with Gasteiger partial charge in [-0.15, -0.1) is 0 Å². The van der Waals surface area contributed by atoms with E-state index in [1.807, 2.05) is 13.0 Å². The summed E-state index contributed by atoms with van der Waals surface area (Å²) in [6.45, 7) is 1.85. The lowest BCUT2D eigenvalue weighted by Gasteiger charge is -2.24. The van der Waals surface area contributed by atoms with E-state index in [1.54, 1.807) is 32.4 Å². The summed E-state index contributed by atoms with van der Waals surface area (Å²) in [6, 6.07) is 5.21. The zero-order chi connectivity index (χ0) is 21.1. The highest BCUT2D eigenvalue weighted by atomic mass is 16.5. The smallest absolute Gasteiger partial charge is 0.276 e. The van der Waals surface area contributed by atoms with Crippen LogP contribution in [-0.4, -0.2) is 54.2 Å². The molecule has 1 atom stereocenters. The molecule has 4 N–H and O–H groups in total. The van der Waals surface area contributed by atoms with Gasteiger partial charge in [-0.3, -0.25) is 4.79 Å². The van der Waals surface area contributed by atoms with Gasteiger partial charge in [-0.1, -0.05) is 0 Å². The second-order valence-corrected chi connectivity index (χ2v) is 6.61. The Kier molecular flexibility index (Phi) is 5.67. The number of nitrogens with zero attached hydrogens (tertiary/aromatic N) is 3. The third-order valence-electron chi connectivity index (χ3n) is 4.66. The predicted molar refractivity (Wildman–Crippen MR) is 110 cm³/mol. The van der Waals surface area contributed by atoms with Crippen LogP contribution >= 0.6 is 0 Å². The monoisotopic (exact) mass is 396 g/mol. The first-order valence-corrected chi connectivity index (χ1v) is 9.04. The SMILES string of the molecule is CN/C(OC)=C1\C(=N)CN(C)C(=O)c2ncccc2OC(C)c2cc1cnc2N. The predicted octanol–water partition coefficient (Wildman–Crippen LogP) is 1.84. The average molecular weight is 396 g/mol. The molecule has 9 heteroatoms. The molecule has 3 rings (SSSR count). The van der Waals surface area contributed by atoms with E-state index in [4.69, 9.17) is 20.6 Å². The van der Waals surface area contributed by atoms with Gasteiger partial charge in [-0.25, -0.2) is 9.97 Å². The van der Waals surface area contributed by atoms with Crippen LogP contribution in [0.4, 0.5) is 5.82 Å². The average Bonchev–Trinajstić information content (AvgIpc) is 2.71. The number of rotatable bonds is 2. The van der Waals surface area contributed by atoms with Crippen molar-refractivity contribution in [2.24, 2.45) is 0 Å². The molecule has 1 unspecified atom stereocenters. The minimum Gasteiger partial charge on any atom is -0.483 e. The summed E-state index contributed by atoms with van der Waals surface area (Å²) in [5.41, 5.74) is 8.20. The number of nitrogens with one attached hydrogen (secondary N) is 2. The van der Waals surface area contributed by atoms with Gasteiger partial charge in [0.15, 0.2) is 17.3 Å². The number of anilines is 1. The van der Waals surface area contributed by atoms with Gasteiger partial charge in [-0.05, 0) is 25.1 Å². The summed E-state index contributed by atoms with van der Waals surface area (Å²) in [5, 5.41) is 11.6. The summed E-state index contributed by atoms with van der Waals surface area (Å²) in [6.07, 6.45) is 2.61. The molecule has 3 heterocycles. The number of nitrogen functional groups attached to an aromatic ring is 1. The lowest BCUT2D eigenvalue weighted by atomic mass is 9.99. The zero-order valence-electron chi connectivity index (χ0n) is 16.8. The number of hydrogen-bond donors (Lipinski definition) is 3. The molecule has 0 radical (unpaired) electrons. The first-order chi connectivity index (χ1) is 13.9. The van der Waals surface area contributed by atoms with Crippen molar-refractivity contribution in [1.82, 2.24) is 20.2 Å². The quantitative estimate of drug-likeness (QED) is 0.661. The van der Waals surface area contributed by atoms with Crippen LogP contribution in [-0.2, 0) is 4.74 Å². The van der Waals surface area contributed by atoms with E-state index in [2.05, 4.69) is 15.3 Å². The van der Waals surface area contributed by atoms with E-state index in [9.17, 15) is 4.79 Å². The summed E-state index contributed by atoms with van der Waals surface area (Å²) in [7, 11) is 4.82. The standard InChI is InChI=1S/C20H24N6O3/c1-11-13-8-12(9-25-18(13)22)16(19(23-2)28-4)14(21)10-26(3)20(27)17-15(29-11)6-5-7-24-17/h5-9,11,21,23H,10H2,1-4H3,(H2,22,25)/b19-16+,21-14?. The largest absolute Gasteiger partial charge is 0.483 e. The molecule has 0 aromatic carbocycles. The highest BCUT2D eigenvalue weighted by Gasteiger charge is 2.26. The van der Waals surface area contributed by atoms with Gasteiger partial charge in [0.05, 0.1) is 24.9 Å². The van der Waals surface area contributed by atoms with E-state index in [0.29, 0.717) is 34.2 Å². The van der Waals surface area contributed by atoms with Crippen LogP contribution in [0, 0.1) is 5.41 Å². The maximum Gasteiger partial charge on any atom is 0.276 e. The molecule has 29 heavy (non-hydrogen) atoms. The van der Waals surface area contributed by atoms with Gasteiger partial charge in [0.2, 0.25) is 0 Å². The maximum atomic E-state index is 13.0. The Labute approximate surface area is 169 Å². The number of aromatic nitrogens is 2. The molecule has 1 aliphatic rings. The normalized spacial score (nSPS) is 18.8. The number of carbonyl (C=O) groups excluding carboxylic acids is 1. The molecular weight excluding hydrogens is 372 g/mol. The number of methoxy groups -OCH3 is 1. The van der Waals surface area contributed by atoms with E-state index in [-0.39, 0.29) is 23.9 Å². The van der Waals surface area contributed by atoms with E-state index in [0.717, 1.165) is 0 Å². The van der Waals surface area contributed by atoms with E-state index in [1.165, 1.54) is 18.2 Å². The molecule has 152 valence electrons. The van der Waals surface area contributed by atoms with E-state index >= 15 is 0 Å². The lowest BCUT2D eigenvalue weighted by molar-refractivity contribution is 0.0801. The first-order valence-electron chi connectivity index (χ1n) is 9.04. The molecule has 0 spiro atoms. The molecule has 2 aromatic rings. The van der Waals surface area contributed by atoms with Crippen LogP contribution in [0.15, 0.2) is 36.5 Å². The summed E-state index contributed by atoms with van der Waals surface area (Å²) < 4.78 is 11.5. The van der Waals surface area contributed by atoms with Crippen LogP contribution < -0.4 is 15.8 Å². The number of carbonyl (C=O) groups is 1. The molecule has 1 amide bonds. The lowest BCUT2D eigenvalue weighted by Crippen LogP contribution is -2.34. The Hall–Kier alpha value is -3.62. The molecule has 1 aliphatic heterocycles. The van der Waals surface area contributed by atoms with Crippen LogP contribution in [0.5, 0.6) is 5.75 Å².